The summed E-state index contributed by atoms with van der Waals surface area (Å²) in [6.45, 7) is -0.0507. The van der Waals surface area contributed by atoms with E-state index in [1.54, 1.807) is 36.4 Å². The Kier molecular flexibility index (Phi) is 5.70. The summed E-state index contributed by atoms with van der Waals surface area (Å²) < 4.78 is 17.3. The number of aromatic nitrogens is 3. The van der Waals surface area contributed by atoms with E-state index >= 15 is 0 Å². The summed E-state index contributed by atoms with van der Waals surface area (Å²) in [5.74, 6) is 1.67. The van der Waals surface area contributed by atoms with Gasteiger partial charge >= 0.3 is 0 Å². The van der Waals surface area contributed by atoms with Crippen LogP contribution in [0.1, 0.15) is 10.4 Å². The maximum atomic E-state index is 12.5. The largest absolute Gasteiger partial charge is 0.493 e. The smallest absolute Gasteiger partial charge is 0.219 e. The van der Waals surface area contributed by atoms with Gasteiger partial charge in [-0.15, -0.1) is 5.10 Å². The van der Waals surface area contributed by atoms with Crippen LogP contribution in [0.5, 0.6) is 17.2 Å². The molecule has 3 rings (SSSR count). The number of halogens is 1. The van der Waals surface area contributed by atoms with E-state index in [1.165, 1.54) is 26.0 Å². The number of nitrogens with zero attached hydrogens (tertiary/aromatic N) is 3. The molecule has 28 heavy (non-hydrogen) atoms. The first kappa shape index (κ1) is 19.5. The Morgan fingerprint density at radius 2 is 1.68 bits per heavy atom. The van der Waals surface area contributed by atoms with Crippen LogP contribution in [0.25, 0.3) is 11.4 Å². The molecule has 1 heterocycles. The SMILES string of the molecule is COc1cc(-c2nc(N)n(CC(=O)c3ccc(Cl)cc3)n2)cc(OC)c1OC. The second-order valence-corrected chi connectivity index (χ2v) is 6.23. The van der Waals surface area contributed by atoms with Crippen molar-refractivity contribution >= 4 is 23.3 Å². The average molecular weight is 403 g/mol. The molecule has 0 aliphatic heterocycles. The summed E-state index contributed by atoms with van der Waals surface area (Å²) in [4.78, 5) is 16.7. The molecule has 9 heteroatoms. The lowest BCUT2D eigenvalue weighted by atomic mass is 10.1. The van der Waals surface area contributed by atoms with Gasteiger partial charge in [-0.1, -0.05) is 11.6 Å². The first-order chi connectivity index (χ1) is 13.5. The van der Waals surface area contributed by atoms with Crippen molar-refractivity contribution in [1.82, 2.24) is 14.8 Å². The molecule has 1 aromatic heterocycles. The van der Waals surface area contributed by atoms with Crippen LogP contribution in [0, 0.1) is 0 Å². The number of Topliss-reactive ketones (excluding diaryl/α,β-unsaturated/α-hetero) is 1. The number of ketones is 1. The topological polar surface area (TPSA) is 101 Å². The van der Waals surface area contributed by atoms with Crippen LogP contribution in [-0.2, 0) is 6.54 Å². The zero-order valence-corrected chi connectivity index (χ0v) is 16.4. The number of carbonyl (C=O) groups is 1. The van der Waals surface area contributed by atoms with Gasteiger partial charge < -0.3 is 19.9 Å². The lowest BCUT2D eigenvalue weighted by Crippen LogP contribution is -2.14. The molecule has 0 aliphatic rings. The van der Waals surface area contributed by atoms with Crippen molar-refractivity contribution in [2.75, 3.05) is 27.1 Å². The minimum atomic E-state index is -0.162. The molecular weight excluding hydrogens is 384 g/mol. The Morgan fingerprint density at radius 1 is 1.07 bits per heavy atom. The van der Waals surface area contributed by atoms with Crippen molar-refractivity contribution < 1.29 is 19.0 Å². The van der Waals surface area contributed by atoms with Crippen molar-refractivity contribution in [2.24, 2.45) is 0 Å². The second kappa shape index (κ2) is 8.18. The highest BCUT2D eigenvalue weighted by Crippen LogP contribution is 2.40. The Morgan fingerprint density at radius 3 is 2.21 bits per heavy atom. The third-order valence-corrected chi connectivity index (χ3v) is 4.33. The van der Waals surface area contributed by atoms with Gasteiger partial charge in [-0.05, 0) is 36.4 Å². The molecule has 0 aliphatic carbocycles. The van der Waals surface area contributed by atoms with Gasteiger partial charge in [0.05, 0.1) is 21.3 Å². The Hall–Kier alpha value is -3.26. The molecule has 146 valence electrons. The Balaban J connectivity index is 1.92. The van der Waals surface area contributed by atoms with Gasteiger partial charge in [0.2, 0.25) is 11.7 Å². The normalized spacial score (nSPS) is 10.6. The molecular formula is C19H19ClN4O4. The standard InChI is InChI=1S/C19H19ClN4O4/c1-26-15-8-12(9-16(27-2)17(15)28-3)18-22-19(21)24(23-18)10-14(25)11-4-6-13(20)7-5-11/h4-9H,10H2,1-3H3,(H2,21,22,23). The van der Waals surface area contributed by atoms with E-state index in [1.807, 2.05) is 0 Å². The van der Waals surface area contributed by atoms with Crippen molar-refractivity contribution in [1.29, 1.82) is 0 Å². The predicted octanol–water partition coefficient (Wildman–Crippen LogP) is 3.09. The molecule has 0 fully saturated rings. The lowest BCUT2D eigenvalue weighted by molar-refractivity contribution is 0.0968. The van der Waals surface area contributed by atoms with Crippen LogP contribution in [0.3, 0.4) is 0 Å². The number of nitrogen functional groups attached to an aromatic ring is 1. The minimum Gasteiger partial charge on any atom is -0.493 e. The van der Waals surface area contributed by atoms with E-state index in [2.05, 4.69) is 10.1 Å². The van der Waals surface area contributed by atoms with Gasteiger partial charge in [0.15, 0.2) is 23.1 Å². The molecule has 0 amide bonds. The highest BCUT2D eigenvalue weighted by Gasteiger charge is 2.18. The van der Waals surface area contributed by atoms with Crippen molar-refractivity contribution in [3.05, 3.63) is 47.0 Å². The van der Waals surface area contributed by atoms with Crippen LogP contribution in [0.2, 0.25) is 5.02 Å². The maximum Gasteiger partial charge on any atom is 0.219 e. The monoisotopic (exact) mass is 402 g/mol. The predicted molar refractivity (Wildman–Crippen MR) is 105 cm³/mol. The molecule has 0 unspecified atom stereocenters. The Labute approximate surface area is 166 Å². The Bertz CT molecular complexity index is 977. The summed E-state index contributed by atoms with van der Waals surface area (Å²) >= 11 is 5.86. The minimum absolute atomic E-state index is 0.0507. The fourth-order valence-electron chi connectivity index (χ4n) is 2.67. The molecule has 8 nitrogen and oxygen atoms in total. The summed E-state index contributed by atoms with van der Waals surface area (Å²) in [5, 5.41) is 4.91. The third-order valence-electron chi connectivity index (χ3n) is 4.08. The molecule has 0 atom stereocenters. The third kappa shape index (κ3) is 3.86. The van der Waals surface area contributed by atoms with Crippen LogP contribution in [0.15, 0.2) is 36.4 Å². The number of hydrogen-bond acceptors (Lipinski definition) is 7. The molecule has 0 bridgehead atoms. The number of hydrogen-bond donors (Lipinski definition) is 1. The number of nitrogens with two attached hydrogens (primary N) is 1. The number of benzene rings is 2. The van der Waals surface area contributed by atoms with E-state index in [4.69, 9.17) is 31.5 Å². The second-order valence-electron chi connectivity index (χ2n) is 5.80. The van der Waals surface area contributed by atoms with E-state index in [-0.39, 0.29) is 18.3 Å². The van der Waals surface area contributed by atoms with Gasteiger partial charge in [0, 0.05) is 16.1 Å². The van der Waals surface area contributed by atoms with Gasteiger partial charge in [-0.3, -0.25) is 4.79 Å². The number of anilines is 1. The van der Waals surface area contributed by atoms with Crippen LogP contribution >= 0.6 is 11.6 Å². The number of methoxy groups -OCH3 is 3. The summed E-state index contributed by atoms with van der Waals surface area (Å²) in [6, 6.07) is 10.0. The number of rotatable bonds is 7. The van der Waals surface area contributed by atoms with E-state index < -0.39 is 0 Å². The van der Waals surface area contributed by atoms with Crippen molar-refractivity contribution in [3.8, 4) is 28.6 Å². The van der Waals surface area contributed by atoms with Gasteiger partial charge in [-0.25, -0.2) is 4.68 Å². The average Bonchev–Trinajstić information content (AvgIpc) is 3.07. The zero-order chi connectivity index (χ0) is 20.3. The van der Waals surface area contributed by atoms with Crippen LogP contribution in [-0.4, -0.2) is 41.9 Å². The number of ether oxygens (including phenoxy) is 3. The highest BCUT2D eigenvalue weighted by atomic mass is 35.5. The molecule has 2 N–H and O–H groups in total. The molecule has 0 radical (unpaired) electrons. The maximum absolute atomic E-state index is 12.5. The summed E-state index contributed by atoms with van der Waals surface area (Å²) in [7, 11) is 4.56. The summed E-state index contributed by atoms with van der Waals surface area (Å²) in [5.41, 5.74) is 7.07. The van der Waals surface area contributed by atoms with E-state index in [9.17, 15) is 4.79 Å². The fraction of sp³-hybridized carbons (Fsp3) is 0.211. The van der Waals surface area contributed by atoms with Gasteiger partial charge in [0.1, 0.15) is 6.54 Å². The molecule has 0 saturated carbocycles. The van der Waals surface area contributed by atoms with Crippen LogP contribution < -0.4 is 19.9 Å². The van der Waals surface area contributed by atoms with Crippen molar-refractivity contribution in [3.63, 3.8) is 0 Å². The first-order valence-electron chi connectivity index (χ1n) is 8.26. The van der Waals surface area contributed by atoms with Crippen LogP contribution in [0.4, 0.5) is 5.95 Å². The first-order valence-corrected chi connectivity index (χ1v) is 8.64. The highest BCUT2D eigenvalue weighted by molar-refractivity contribution is 6.30. The number of carbonyl (C=O) groups excluding carboxylic acids is 1. The van der Waals surface area contributed by atoms with Gasteiger partial charge in [0.25, 0.3) is 0 Å². The fourth-order valence-corrected chi connectivity index (χ4v) is 2.79. The quantitative estimate of drug-likeness (QED) is 0.606. The van der Waals surface area contributed by atoms with Crippen molar-refractivity contribution in [2.45, 2.75) is 6.54 Å². The lowest BCUT2D eigenvalue weighted by Gasteiger charge is -2.12. The molecule has 3 aromatic rings. The molecule has 0 spiro atoms. The molecule has 2 aromatic carbocycles. The van der Waals surface area contributed by atoms with Gasteiger partial charge in [-0.2, -0.15) is 4.98 Å². The van der Waals surface area contributed by atoms with E-state index in [0.717, 1.165) is 0 Å². The summed E-state index contributed by atoms with van der Waals surface area (Å²) in [6.07, 6.45) is 0. The molecule has 0 saturated heterocycles. The zero-order valence-electron chi connectivity index (χ0n) is 15.6. The van der Waals surface area contributed by atoms with E-state index in [0.29, 0.717) is 39.2 Å².